The van der Waals surface area contributed by atoms with Gasteiger partial charge in [0, 0.05) is 37.7 Å². The molecule has 1 N–H and O–H groups in total. The van der Waals surface area contributed by atoms with Gasteiger partial charge in [-0.1, -0.05) is 24.6 Å². The van der Waals surface area contributed by atoms with Crippen molar-refractivity contribution in [3.8, 4) is 0 Å². The van der Waals surface area contributed by atoms with Crippen molar-refractivity contribution in [1.82, 2.24) is 15.1 Å². The lowest BCUT2D eigenvalue weighted by atomic mass is 9.83. The maximum atomic E-state index is 12.4. The number of carbonyl (C=O) groups excluding carboxylic acids is 2. The van der Waals surface area contributed by atoms with Crippen LogP contribution in [-0.2, 0) is 11.3 Å². The molecular formula is C21H29N3O2. The Labute approximate surface area is 155 Å². The molecule has 3 heterocycles. The zero-order chi connectivity index (χ0) is 17.9. The standard InChI is InChI=1S/C21H29N3O2/c25-20(10-13-24-15-17-6-1-2-8-18(17)21(24)26)22-14-16-7-5-12-23-11-4-3-9-19(16)23/h1-2,6,8,16,19H,3-5,7,9-15H2,(H,22,25). The van der Waals surface area contributed by atoms with Crippen LogP contribution in [-0.4, -0.2) is 53.8 Å². The molecule has 0 saturated carbocycles. The normalized spacial score (nSPS) is 25.7. The van der Waals surface area contributed by atoms with Gasteiger partial charge in [-0.3, -0.25) is 9.59 Å². The Balaban J connectivity index is 1.23. The second kappa shape index (κ2) is 7.78. The Morgan fingerprint density at radius 1 is 1.12 bits per heavy atom. The molecule has 3 aliphatic heterocycles. The van der Waals surface area contributed by atoms with Crippen molar-refractivity contribution in [1.29, 1.82) is 0 Å². The maximum Gasteiger partial charge on any atom is 0.254 e. The van der Waals surface area contributed by atoms with Crippen LogP contribution < -0.4 is 5.32 Å². The van der Waals surface area contributed by atoms with E-state index in [1.165, 1.54) is 45.2 Å². The Morgan fingerprint density at radius 3 is 2.85 bits per heavy atom. The van der Waals surface area contributed by atoms with Crippen molar-refractivity contribution in [2.24, 2.45) is 5.92 Å². The summed E-state index contributed by atoms with van der Waals surface area (Å²) in [7, 11) is 0. The van der Waals surface area contributed by atoms with E-state index in [1.54, 1.807) is 4.90 Å². The minimum atomic E-state index is 0.0542. The highest BCUT2D eigenvalue weighted by Gasteiger charge is 2.33. The average molecular weight is 355 g/mol. The highest BCUT2D eigenvalue weighted by molar-refractivity contribution is 5.98. The lowest BCUT2D eigenvalue weighted by Crippen LogP contribution is -2.51. The molecule has 2 fully saturated rings. The number of hydrogen-bond acceptors (Lipinski definition) is 3. The first-order valence-corrected chi connectivity index (χ1v) is 10.1. The molecule has 5 nitrogen and oxygen atoms in total. The van der Waals surface area contributed by atoms with Crippen LogP contribution in [0.1, 0.15) is 54.4 Å². The molecule has 2 amide bonds. The van der Waals surface area contributed by atoms with E-state index < -0.39 is 0 Å². The Hall–Kier alpha value is -1.88. The SMILES string of the molecule is O=C(CCN1Cc2ccccc2C1=O)NCC1CCCN2CCCCC12. The summed E-state index contributed by atoms with van der Waals surface area (Å²) in [6, 6.07) is 8.38. The monoisotopic (exact) mass is 355 g/mol. The number of rotatable bonds is 5. The summed E-state index contributed by atoms with van der Waals surface area (Å²) < 4.78 is 0. The first-order chi connectivity index (χ1) is 12.7. The van der Waals surface area contributed by atoms with Crippen LogP contribution in [0, 0.1) is 5.92 Å². The van der Waals surface area contributed by atoms with Crippen LogP contribution in [0.5, 0.6) is 0 Å². The Morgan fingerprint density at radius 2 is 1.96 bits per heavy atom. The molecule has 2 atom stereocenters. The van der Waals surface area contributed by atoms with Crippen LogP contribution in [0.2, 0.25) is 0 Å². The van der Waals surface area contributed by atoms with Gasteiger partial charge in [-0.05, 0) is 56.3 Å². The van der Waals surface area contributed by atoms with Gasteiger partial charge in [-0.2, -0.15) is 0 Å². The maximum absolute atomic E-state index is 12.4. The van der Waals surface area contributed by atoms with Crippen molar-refractivity contribution >= 4 is 11.8 Å². The second-order valence-corrected chi connectivity index (χ2v) is 7.94. The number of amides is 2. The Bertz CT molecular complexity index is 673. The highest BCUT2D eigenvalue weighted by Crippen LogP contribution is 2.30. The number of nitrogens with zero attached hydrogens (tertiary/aromatic N) is 2. The highest BCUT2D eigenvalue weighted by atomic mass is 16.2. The van der Waals surface area contributed by atoms with Gasteiger partial charge in [0.2, 0.25) is 5.91 Å². The zero-order valence-electron chi connectivity index (χ0n) is 15.5. The van der Waals surface area contributed by atoms with Crippen LogP contribution >= 0.6 is 0 Å². The van der Waals surface area contributed by atoms with Gasteiger partial charge in [0.1, 0.15) is 0 Å². The first kappa shape index (κ1) is 17.5. The second-order valence-electron chi connectivity index (χ2n) is 7.94. The molecule has 0 aliphatic carbocycles. The molecule has 4 rings (SSSR count). The summed E-state index contributed by atoms with van der Waals surface area (Å²) in [5.74, 6) is 0.714. The molecule has 0 bridgehead atoms. The molecule has 0 aromatic heterocycles. The topological polar surface area (TPSA) is 52.7 Å². The van der Waals surface area contributed by atoms with Crippen molar-refractivity contribution in [3.63, 3.8) is 0 Å². The van der Waals surface area contributed by atoms with Gasteiger partial charge < -0.3 is 15.1 Å². The van der Waals surface area contributed by atoms with E-state index in [9.17, 15) is 9.59 Å². The van der Waals surface area contributed by atoms with Gasteiger partial charge in [0.15, 0.2) is 0 Å². The number of benzene rings is 1. The minimum absolute atomic E-state index is 0.0542. The molecule has 140 valence electrons. The predicted octanol–water partition coefficient (Wildman–Crippen LogP) is 2.41. The van der Waals surface area contributed by atoms with Crippen molar-refractivity contribution < 1.29 is 9.59 Å². The van der Waals surface area contributed by atoms with E-state index in [0.29, 0.717) is 31.5 Å². The van der Waals surface area contributed by atoms with Gasteiger partial charge >= 0.3 is 0 Å². The molecule has 0 radical (unpaired) electrons. The van der Waals surface area contributed by atoms with Crippen LogP contribution in [0.4, 0.5) is 0 Å². The quantitative estimate of drug-likeness (QED) is 0.882. The molecular weight excluding hydrogens is 326 g/mol. The lowest BCUT2D eigenvalue weighted by molar-refractivity contribution is -0.121. The number of fused-ring (bicyclic) bond motifs is 2. The summed E-state index contributed by atoms with van der Waals surface area (Å²) in [6.45, 7) is 4.37. The Kier molecular flexibility index (Phi) is 5.25. The van der Waals surface area contributed by atoms with E-state index in [-0.39, 0.29) is 11.8 Å². The van der Waals surface area contributed by atoms with E-state index in [0.717, 1.165) is 17.7 Å². The fraction of sp³-hybridized carbons (Fsp3) is 0.619. The fourth-order valence-electron chi connectivity index (χ4n) is 4.88. The molecule has 0 spiro atoms. The van der Waals surface area contributed by atoms with Crippen LogP contribution in [0.3, 0.4) is 0 Å². The molecule has 3 aliphatic rings. The number of hydrogen-bond donors (Lipinski definition) is 1. The van der Waals surface area contributed by atoms with Crippen molar-refractivity contribution in [3.05, 3.63) is 35.4 Å². The van der Waals surface area contributed by atoms with E-state index >= 15 is 0 Å². The molecule has 26 heavy (non-hydrogen) atoms. The summed E-state index contributed by atoms with van der Waals surface area (Å²) >= 11 is 0. The summed E-state index contributed by atoms with van der Waals surface area (Å²) in [5, 5.41) is 3.14. The summed E-state index contributed by atoms with van der Waals surface area (Å²) in [6.07, 6.45) is 6.78. The third-order valence-electron chi connectivity index (χ3n) is 6.30. The largest absolute Gasteiger partial charge is 0.356 e. The summed E-state index contributed by atoms with van der Waals surface area (Å²) in [5.41, 5.74) is 1.85. The third-order valence-corrected chi connectivity index (χ3v) is 6.30. The minimum Gasteiger partial charge on any atom is -0.356 e. The third kappa shape index (κ3) is 3.63. The van der Waals surface area contributed by atoms with E-state index in [4.69, 9.17) is 0 Å². The predicted molar refractivity (Wildman–Crippen MR) is 101 cm³/mol. The van der Waals surface area contributed by atoms with E-state index in [2.05, 4.69) is 10.2 Å². The van der Waals surface area contributed by atoms with Gasteiger partial charge in [0.05, 0.1) is 0 Å². The zero-order valence-corrected chi connectivity index (χ0v) is 15.5. The van der Waals surface area contributed by atoms with Gasteiger partial charge in [-0.25, -0.2) is 0 Å². The van der Waals surface area contributed by atoms with Crippen LogP contribution in [0.25, 0.3) is 0 Å². The number of nitrogens with one attached hydrogen (secondary N) is 1. The molecule has 1 aromatic rings. The first-order valence-electron chi connectivity index (χ1n) is 10.1. The summed E-state index contributed by atoms with van der Waals surface area (Å²) in [4.78, 5) is 29.1. The van der Waals surface area contributed by atoms with Crippen molar-refractivity contribution in [2.45, 2.75) is 51.1 Å². The van der Waals surface area contributed by atoms with Crippen LogP contribution in [0.15, 0.2) is 24.3 Å². The van der Waals surface area contributed by atoms with E-state index in [1.807, 2.05) is 24.3 Å². The fourth-order valence-corrected chi connectivity index (χ4v) is 4.88. The average Bonchev–Trinajstić information content (AvgIpc) is 3.01. The molecule has 1 aromatic carbocycles. The number of carbonyl (C=O) groups is 2. The molecule has 2 saturated heterocycles. The molecule has 2 unspecified atom stereocenters. The van der Waals surface area contributed by atoms with Gasteiger partial charge in [0.25, 0.3) is 5.91 Å². The molecule has 5 heteroatoms. The smallest absolute Gasteiger partial charge is 0.254 e. The number of piperidine rings is 2. The van der Waals surface area contributed by atoms with Crippen molar-refractivity contribution in [2.75, 3.05) is 26.2 Å². The van der Waals surface area contributed by atoms with Gasteiger partial charge in [-0.15, -0.1) is 0 Å². The lowest BCUT2D eigenvalue weighted by Gasteiger charge is -2.44.